The number of aryl methyl sites for hydroxylation is 1. The molecular weight excluding hydrogens is 282 g/mol. The molecule has 0 spiro atoms. The first kappa shape index (κ1) is 13.7. The highest BCUT2D eigenvalue weighted by molar-refractivity contribution is 6.09. The highest BCUT2D eigenvalue weighted by atomic mass is 16.4. The second kappa shape index (κ2) is 4.80. The largest absolute Gasteiger partial charge is 0.426 e. The van der Waals surface area contributed by atoms with Crippen molar-refractivity contribution in [1.29, 1.82) is 0 Å². The van der Waals surface area contributed by atoms with Crippen LogP contribution in [0.3, 0.4) is 0 Å². The van der Waals surface area contributed by atoms with E-state index < -0.39 is 17.4 Å². The molecule has 1 aromatic heterocycles. The van der Waals surface area contributed by atoms with E-state index in [1.54, 1.807) is 0 Å². The molecule has 5 heteroatoms. The molecule has 2 aliphatic carbocycles. The first-order valence-corrected chi connectivity index (χ1v) is 8.07. The maximum atomic E-state index is 12.0. The maximum Gasteiger partial charge on any atom is 0.336 e. The Morgan fingerprint density at radius 1 is 1.23 bits per heavy atom. The molecule has 2 amide bonds. The van der Waals surface area contributed by atoms with E-state index in [1.807, 2.05) is 0 Å². The summed E-state index contributed by atoms with van der Waals surface area (Å²) in [6.07, 6.45) is 8.23. The quantitative estimate of drug-likeness (QED) is 0.844. The molecule has 3 aliphatic rings. The van der Waals surface area contributed by atoms with Crippen molar-refractivity contribution in [3.63, 3.8) is 0 Å². The summed E-state index contributed by atoms with van der Waals surface area (Å²) < 4.78 is 5.05. The van der Waals surface area contributed by atoms with E-state index in [-0.39, 0.29) is 12.2 Å². The number of carbonyl (C=O) groups excluding carboxylic acids is 2. The lowest BCUT2D eigenvalue weighted by Gasteiger charge is -2.18. The van der Waals surface area contributed by atoms with Crippen LogP contribution >= 0.6 is 0 Å². The fourth-order valence-electron chi connectivity index (χ4n) is 3.92. The summed E-state index contributed by atoms with van der Waals surface area (Å²) in [7, 11) is 0. The molecule has 0 bridgehead atoms. The van der Waals surface area contributed by atoms with E-state index in [0.29, 0.717) is 17.4 Å². The summed E-state index contributed by atoms with van der Waals surface area (Å²) >= 11 is 0. The van der Waals surface area contributed by atoms with Gasteiger partial charge in [-0.05, 0) is 61.8 Å². The highest BCUT2D eigenvalue weighted by Crippen LogP contribution is 2.63. The second-order valence-electron chi connectivity index (χ2n) is 6.93. The van der Waals surface area contributed by atoms with Crippen molar-refractivity contribution in [1.82, 2.24) is 5.32 Å². The molecule has 2 fully saturated rings. The zero-order valence-corrected chi connectivity index (χ0v) is 12.4. The summed E-state index contributed by atoms with van der Waals surface area (Å²) in [5.41, 5.74) is 1.22. The van der Waals surface area contributed by atoms with Crippen LogP contribution in [-0.2, 0) is 17.6 Å². The van der Waals surface area contributed by atoms with Gasteiger partial charge in [0.25, 0.3) is 5.91 Å². The third-order valence-corrected chi connectivity index (χ3v) is 5.37. The van der Waals surface area contributed by atoms with Gasteiger partial charge in [-0.3, -0.25) is 14.9 Å². The van der Waals surface area contributed by atoms with Crippen LogP contribution < -0.4 is 10.9 Å². The van der Waals surface area contributed by atoms with Gasteiger partial charge in [0, 0.05) is 6.07 Å². The number of rotatable bonds is 5. The molecule has 4 rings (SSSR count). The fourth-order valence-corrected chi connectivity index (χ4v) is 3.92. The molecule has 2 saturated carbocycles. The molecule has 0 aromatic carbocycles. The summed E-state index contributed by atoms with van der Waals surface area (Å²) in [6.45, 7) is 0. The second-order valence-corrected chi connectivity index (χ2v) is 6.93. The topological polar surface area (TPSA) is 76.4 Å². The lowest BCUT2D eigenvalue weighted by Crippen LogP contribution is -2.38. The van der Waals surface area contributed by atoms with Crippen molar-refractivity contribution in [3.8, 4) is 0 Å². The molecular formula is C17H19NO4. The molecule has 1 aromatic rings. The number of hydrogen-bond donors (Lipinski definition) is 1. The van der Waals surface area contributed by atoms with E-state index >= 15 is 0 Å². The molecule has 116 valence electrons. The standard InChI is InChI=1S/C17H19NO4/c19-13-9-12-15(16(21)18-13)10(8-14(20)22-12)2-1-5-17(6-7-17)11-3-4-11/h8,11H,1-7,9H2,(H,18,19,21). The fraction of sp³-hybridized carbons (Fsp3) is 0.588. The lowest BCUT2D eigenvalue weighted by molar-refractivity contribution is -0.120. The third kappa shape index (κ3) is 2.38. The Labute approximate surface area is 128 Å². The molecule has 0 saturated heterocycles. The molecule has 1 N–H and O–H groups in total. The lowest BCUT2D eigenvalue weighted by atomic mass is 9.91. The molecule has 0 unspecified atom stereocenters. The molecule has 5 nitrogen and oxygen atoms in total. The van der Waals surface area contributed by atoms with Crippen LogP contribution in [0.5, 0.6) is 0 Å². The van der Waals surface area contributed by atoms with E-state index in [4.69, 9.17) is 4.42 Å². The van der Waals surface area contributed by atoms with Gasteiger partial charge in [0.1, 0.15) is 5.76 Å². The van der Waals surface area contributed by atoms with Gasteiger partial charge in [0.05, 0.1) is 12.0 Å². The van der Waals surface area contributed by atoms with Crippen molar-refractivity contribution < 1.29 is 14.0 Å². The van der Waals surface area contributed by atoms with E-state index in [0.717, 1.165) is 17.9 Å². The number of hydrogen-bond acceptors (Lipinski definition) is 4. The van der Waals surface area contributed by atoms with Gasteiger partial charge in [0.15, 0.2) is 0 Å². The number of nitrogens with one attached hydrogen (secondary N) is 1. The first-order chi connectivity index (χ1) is 10.6. The zero-order chi connectivity index (χ0) is 15.3. The minimum absolute atomic E-state index is 0.0316. The Morgan fingerprint density at radius 2 is 2.00 bits per heavy atom. The van der Waals surface area contributed by atoms with E-state index in [1.165, 1.54) is 38.2 Å². The van der Waals surface area contributed by atoms with Crippen LogP contribution in [0.25, 0.3) is 0 Å². The number of imide groups is 1. The number of fused-ring (bicyclic) bond motifs is 1. The molecule has 2 heterocycles. The first-order valence-electron chi connectivity index (χ1n) is 8.07. The van der Waals surface area contributed by atoms with Gasteiger partial charge in [-0.25, -0.2) is 4.79 Å². The minimum atomic E-state index is -0.473. The summed E-state index contributed by atoms with van der Waals surface area (Å²) in [5, 5.41) is 2.30. The molecule has 1 aliphatic heterocycles. The van der Waals surface area contributed by atoms with Crippen LogP contribution in [0.2, 0.25) is 0 Å². The van der Waals surface area contributed by atoms with Crippen LogP contribution in [0, 0.1) is 11.3 Å². The predicted octanol–water partition coefficient (Wildman–Crippen LogP) is 1.97. The smallest absolute Gasteiger partial charge is 0.336 e. The predicted molar refractivity (Wildman–Crippen MR) is 78.5 cm³/mol. The summed E-state index contributed by atoms with van der Waals surface area (Å²) in [5.74, 6) is 0.291. The van der Waals surface area contributed by atoms with Crippen LogP contribution in [-0.4, -0.2) is 11.8 Å². The van der Waals surface area contributed by atoms with Gasteiger partial charge in [-0.15, -0.1) is 0 Å². The number of amides is 2. The Kier molecular flexibility index (Phi) is 2.99. The van der Waals surface area contributed by atoms with Gasteiger partial charge in [-0.1, -0.05) is 0 Å². The van der Waals surface area contributed by atoms with Crippen molar-refractivity contribution >= 4 is 11.8 Å². The van der Waals surface area contributed by atoms with Crippen LogP contribution in [0.1, 0.15) is 60.2 Å². The van der Waals surface area contributed by atoms with Crippen LogP contribution in [0.15, 0.2) is 15.3 Å². The zero-order valence-electron chi connectivity index (χ0n) is 12.4. The van der Waals surface area contributed by atoms with Gasteiger partial charge in [-0.2, -0.15) is 0 Å². The Hall–Kier alpha value is -1.91. The molecule has 22 heavy (non-hydrogen) atoms. The third-order valence-electron chi connectivity index (χ3n) is 5.37. The number of carbonyl (C=O) groups is 2. The monoisotopic (exact) mass is 301 g/mol. The van der Waals surface area contributed by atoms with Gasteiger partial charge >= 0.3 is 5.63 Å². The van der Waals surface area contributed by atoms with Gasteiger partial charge < -0.3 is 4.42 Å². The van der Waals surface area contributed by atoms with Crippen molar-refractivity contribution in [3.05, 3.63) is 33.4 Å². The summed E-state index contributed by atoms with van der Waals surface area (Å²) in [6, 6.07) is 1.41. The maximum absolute atomic E-state index is 12.0. The van der Waals surface area contributed by atoms with Crippen LogP contribution in [0.4, 0.5) is 0 Å². The SMILES string of the molecule is O=C1Cc2oc(=O)cc(CCCC3(C4CC4)CC3)c2C(=O)N1. The molecule has 0 radical (unpaired) electrons. The Balaban J connectivity index is 1.52. The highest BCUT2D eigenvalue weighted by Gasteiger charge is 2.52. The Morgan fingerprint density at radius 3 is 2.68 bits per heavy atom. The average Bonchev–Trinajstić information content (AvgIpc) is 3.31. The minimum Gasteiger partial charge on any atom is -0.426 e. The van der Waals surface area contributed by atoms with E-state index in [2.05, 4.69) is 5.32 Å². The summed E-state index contributed by atoms with van der Waals surface area (Å²) in [4.78, 5) is 35.1. The van der Waals surface area contributed by atoms with Crippen molar-refractivity contribution in [2.75, 3.05) is 0 Å². The van der Waals surface area contributed by atoms with Crippen molar-refractivity contribution in [2.45, 2.75) is 51.4 Å². The van der Waals surface area contributed by atoms with E-state index in [9.17, 15) is 14.4 Å². The molecule has 0 atom stereocenters. The van der Waals surface area contributed by atoms with Gasteiger partial charge in [0.2, 0.25) is 5.91 Å². The Bertz CT molecular complexity index is 710. The normalized spacial score (nSPS) is 22.2. The average molecular weight is 301 g/mol. The van der Waals surface area contributed by atoms with Crippen molar-refractivity contribution in [2.24, 2.45) is 11.3 Å².